The number of unbranched alkanes of at least 4 members (excludes halogenated alkanes) is 44. The summed E-state index contributed by atoms with van der Waals surface area (Å²) in [5.41, 5.74) is 0. The molecular weight excluding hydrogens is 957 g/mol. The first kappa shape index (κ1) is 75.3. The van der Waals surface area contributed by atoms with Gasteiger partial charge in [0, 0.05) is 12.8 Å². The van der Waals surface area contributed by atoms with Crippen molar-refractivity contribution in [1.82, 2.24) is 0 Å². The number of carbonyl (C=O) groups excluding carboxylic acids is 2. The molecule has 0 aromatic rings. The van der Waals surface area contributed by atoms with Crippen LogP contribution >= 0.6 is 0 Å². The molecule has 1 unspecified atom stereocenters. The molecule has 454 valence electrons. The number of rotatable bonds is 64. The molecule has 78 heavy (non-hydrogen) atoms. The summed E-state index contributed by atoms with van der Waals surface area (Å²) in [6.07, 6.45) is 95.0. The molecule has 0 saturated heterocycles. The van der Waals surface area contributed by atoms with Gasteiger partial charge in [-0.25, -0.2) is 0 Å². The molecule has 0 bridgehead atoms. The molecular formula is C73H132O5. The van der Waals surface area contributed by atoms with Gasteiger partial charge in [-0.05, 0) is 89.9 Å². The lowest BCUT2D eigenvalue weighted by Gasteiger charge is -2.15. The van der Waals surface area contributed by atoms with Crippen LogP contribution in [0.15, 0.2) is 72.9 Å². The van der Waals surface area contributed by atoms with Crippen LogP contribution < -0.4 is 0 Å². The number of ether oxygens (including phenoxy) is 2. The Hall–Kier alpha value is -2.66. The Morgan fingerprint density at radius 1 is 0.295 bits per heavy atom. The Kier molecular flexibility index (Phi) is 66.3. The van der Waals surface area contributed by atoms with E-state index in [9.17, 15) is 14.7 Å². The van der Waals surface area contributed by atoms with E-state index in [0.717, 1.165) is 64.2 Å². The predicted octanol–water partition coefficient (Wildman–Crippen LogP) is 23.9. The zero-order valence-corrected chi connectivity index (χ0v) is 52.2. The monoisotopic (exact) mass is 1090 g/mol. The molecule has 1 atom stereocenters. The molecule has 1 N–H and O–H groups in total. The van der Waals surface area contributed by atoms with Crippen LogP contribution in [0.25, 0.3) is 0 Å². The van der Waals surface area contributed by atoms with Crippen molar-refractivity contribution in [3.63, 3.8) is 0 Å². The number of aliphatic hydroxyl groups excluding tert-OH is 1. The summed E-state index contributed by atoms with van der Waals surface area (Å²) in [6.45, 7) is 4.16. The number of aliphatic hydroxyl groups is 1. The topological polar surface area (TPSA) is 72.8 Å². The molecule has 0 aromatic carbocycles. The van der Waals surface area contributed by atoms with Crippen molar-refractivity contribution < 1.29 is 24.2 Å². The summed E-state index contributed by atoms with van der Waals surface area (Å²) < 4.78 is 10.8. The molecule has 0 heterocycles. The van der Waals surface area contributed by atoms with Crippen molar-refractivity contribution >= 4 is 11.9 Å². The maximum absolute atomic E-state index is 12.4. The zero-order chi connectivity index (χ0) is 56.2. The van der Waals surface area contributed by atoms with E-state index in [1.54, 1.807) is 0 Å². The summed E-state index contributed by atoms with van der Waals surface area (Å²) in [5.74, 6) is -0.575. The molecule has 0 rings (SSSR count). The second kappa shape index (κ2) is 68.6. The lowest BCUT2D eigenvalue weighted by molar-refractivity contribution is -0.161. The van der Waals surface area contributed by atoms with E-state index in [2.05, 4.69) is 86.8 Å². The minimum absolute atomic E-state index is 0.0637. The maximum atomic E-state index is 12.4. The fourth-order valence-electron chi connectivity index (χ4n) is 10.3. The zero-order valence-electron chi connectivity index (χ0n) is 52.2. The Bertz CT molecular complexity index is 1370. The minimum atomic E-state index is -0.774. The van der Waals surface area contributed by atoms with Crippen LogP contribution in [0.3, 0.4) is 0 Å². The van der Waals surface area contributed by atoms with E-state index >= 15 is 0 Å². The van der Waals surface area contributed by atoms with Crippen molar-refractivity contribution in [2.24, 2.45) is 0 Å². The molecule has 0 radical (unpaired) electrons. The van der Waals surface area contributed by atoms with Gasteiger partial charge in [0.1, 0.15) is 6.61 Å². The molecule has 5 nitrogen and oxygen atoms in total. The summed E-state index contributed by atoms with van der Waals surface area (Å²) in [5, 5.41) is 9.70. The second-order valence-corrected chi connectivity index (χ2v) is 23.3. The first-order valence-electron chi connectivity index (χ1n) is 34.5. The lowest BCUT2D eigenvalue weighted by atomic mass is 10.0. The van der Waals surface area contributed by atoms with E-state index in [-0.39, 0.29) is 25.2 Å². The van der Waals surface area contributed by atoms with Gasteiger partial charge in [-0.1, -0.05) is 331 Å². The number of carbonyl (C=O) groups is 2. The number of allylic oxidation sites excluding steroid dienone is 12. The van der Waals surface area contributed by atoms with Gasteiger partial charge in [0.25, 0.3) is 0 Å². The van der Waals surface area contributed by atoms with Crippen LogP contribution in [0, 0.1) is 0 Å². The second-order valence-electron chi connectivity index (χ2n) is 23.3. The van der Waals surface area contributed by atoms with Gasteiger partial charge < -0.3 is 14.6 Å². The molecule has 0 saturated carbocycles. The van der Waals surface area contributed by atoms with E-state index in [0.29, 0.717) is 12.8 Å². The quantitative estimate of drug-likeness (QED) is 0.0373. The van der Waals surface area contributed by atoms with Gasteiger partial charge >= 0.3 is 11.9 Å². The molecule has 0 aromatic heterocycles. The van der Waals surface area contributed by atoms with Crippen LogP contribution in [0.4, 0.5) is 0 Å². The molecule has 0 aliphatic heterocycles. The first-order valence-corrected chi connectivity index (χ1v) is 34.5. The molecule has 0 aliphatic carbocycles. The van der Waals surface area contributed by atoms with Gasteiger partial charge in [0.05, 0.1) is 6.61 Å². The third-order valence-electron chi connectivity index (χ3n) is 15.5. The van der Waals surface area contributed by atoms with Gasteiger partial charge in [0.2, 0.25) is 0 Å². The van der Waals surface area contributed by atoms with Crippen LogP contribution in [0.1, 0.15) is 361 Å². The van der Waals surface area contributed by atoms with Crippen LogP contribution in [-0.4, -0.2) is 36.4 Å². The van der Waals surface area contributed by atoms with Crippen molar-refractivity contribution in [2.75, 3.05) is 13.2 Å². The highest BCUT2D eigenvalue weighted by atomic mass is 16.6. The van der Waals surface area contributed by atoms with Gasteiger partial charge in [0.15, 0.2) is 6.10 Å². The van der Waals surface area contributed by atoms with Crippen molar-refractivity contribution in [3.05, 3.63) is 72.9 Å². The normalized spacial score (nSPS) is 12.6. The first-order chi connectivity index (χ1) is 38.6. The summed E-state index contributed by atoms with van der Waals surface area (Å²) in [6, 6.07) is 0. The molecule has 0 spiro atoms. The lowest BCUT2D eigenvalue weighted by Crippen LogP contribution is -2.28. The smallest absolute Gasteiger partial charge is 0.306 e. The van der Waals surface area contributed by atoms with E-state index < -0.39 is 6.10 Å². The SMILES string of the molecule is CCCCCCC/C=C\C/C=C\C/C=C\CCCCCCCCCCCCCCCCCCCCC(=O)OC(CO)COC(=O)CCCCCCCCCCCCCCCCCC/C=C\C/C=C\C/C=C\CCCCCCC. The molecule has 0 amide bonds. The van der Waals surface area contributed by atoms with Gasteiger partial charge in [-0.15, -0.1) is 0 Å². The van der Waals surface area contributed by atoms with Crippen molar-refractivity contribution in [3.8, 4) is 0 Å². The van der Waals surface area contributed by atoms with Gasteiger partial charge in [-0.2, -0.15) is 0 Å². The molecule has 5 heteroatoms. The highest BCUT2D eigenvalue weighted by Gasteiger charge is 2.16. The molecule has 0 fully saturated rings. The Balaban J connectivity index is 3.43. The van der Waals surface area contributed by atoms with Gasteiger partial charge in [-0.3, -0.25) is 9.59 Å². The van der Waals surface area contributed by atoms with Crippen LogP contribution in [-0.2, 0) is 19.1 Å². The van der Waals surface area contributed by atoms with E-state index in [4.69, 9.17) is 9.47 Å². The Labute approximate surface area is 486 Å². The summed E-state index contributed by atoms with van der Waals surface area (Å²) in [7, 11) is 0. The van der Waals surface area contributed by atoms with Crippen LogP contribution in [0.5, 0.6) is 0 Å². The highest BCUT2D eigenvalue weighted by molar-refractivity contribution is 5.70. The molecule has 0 aliphatic rings. The third kappa shape index (κ3) is 65.9. The van der Waals surface area contributed by atoms with Crippen molar-refractivity contribution in [1.29, 1.82) is 0 Å². The average Bonchev–Trinajstić information content (AvgIpc) is 3.44. The minimum Gasteiger partial charge on any atom is -0.462 e. The summed E-state index contributed by atoms with van der Waals surface area (Å²) >= 11 is 0. The van der Waals surface area contributed by atoms with E-state index in [1.807, 2.05) is 0 Å². The number of esters is 2. The summed E-state index contributed by atoms with van der Waals surface area (Å²) in [4.78, 5) is 24.6. The standard InChI is InChI=1S/C73H132O5/c1-3-5-7-9-11-13-15-17-19-21-23-25-27-29-31-33-35-36-38-40-42-44-46-48-50-52-54-56-58-60-62-64-66-68-73(76)78-71(69-74)70-77-72(75)67-65-63-61-59-57-55-53-51-49-47-45-43-41-39-37-34-32-30-28-26-24-22-20-18-16-14-12-10-8-6-4-2/h15-18,21-24,27-30,71,74H,3-14,19-20,25-26,31-70H2,1-2H3/b17-15-,18-16-,23-21-,24-22-,29-27-,30-28-. The highest BCUT2D eigenvalue weighted by Crippen LogP contribution is 2.18. The fourth-order valence-corrected chi connectivity index (χ4v) is 10.3. The van der Waals surface area contributed by atoms with Crippen molar-refractivity contribution in [2.45, 2.75) is 367 Å². The Morgan fingerprint density at radius 3 is 0.769 bits per heavy atom. The number of hydrogen-bond acceptors (Lipinski definition) is 5. The Morgan fingerprint density at radius 2 is 0.513 bits per heavy atom. The largest absolute Gasteiger partial charge is 0.462 e. The van der Waals surface area contributed by atoms with E-state index in [1.165, 1.54) is 270 Å². The number of hydrogen-bond donors (Lipinski definition) is 1. The van der Waals surface area contributed by atoms with Crippen LogP contribution in [0.2, 0.25) is 0 Å². The average molecular weight is 1090 g/mol. The fraction of sp³-hybridized carbons (Fsp3) is 0.808. The third-order valence-corrected chi connectivity index (χ3v) is 15.5. The predicted molar refractivity (Wildman–Crippen MR) is 343 cm³/mol. The maximum Gasteiger partial charge on any atom is 0.306 e.